The molecule has 0 saturated heterocycles. The number of Topliss-reactive ketones (excluding diaryl/α,β-unsaturated/α-hetero) is 1. The van der Waals surface area contributed by atoms with Gasteiger partial charge in [0.15, 0.2) is 9.84 Å². The van der Waals surface area contributed by atoms with E-state index in [2.05, 4.69) is 0 Å². The van der Waals surface area contributed by atoms with Gasteiger partial charge in [0.1, 0.15) is 11.5 Å². The molecule has 7 heteroatoms. The first-order valence-corrected chi connectivity index (χ1v) is 14.6. The first kappa shape index (κ1) is 25.9. The Kier molecular flexibility index (Phi) is 7.21. The van der Waals surface area contributed by atoms with E-state index in [4.69, 9.17) is 4.74 Å². The quantitative estimate of drug-likeness (QED) is 0.487. The van der Waals surface area contributed by atoms with E-state index in [0.717, 1.165) is 27.8 Å². The maximum Gasteiger partial charge on any atom is 0.230 e. The summed E-state index contributed by atoms with van der Waals surface area (Å²) in [5.74, 6) is -0.257. The van der Waals surface area contributed by atoms with Gasteiger partial charge in [-0.1, -0.05) is 48.5 Å². The zero-order valence-electron chi connectivity index (χ0n) is 21.6. The first-order chi connectivity index (χ1) is 18.2. The smallest absolute Gasteiger partial charge is 0.230 e. The number of nitrogens with zero attached hydrogens (tertiary/aromatic N) is 1. The number of fused-ring (bicyclic) bond motifs is 4. The van der Waals surface area contributed by atoms with Crippen molar-refractivity contribution in [3.8, 4) is 5.75 Å². The van der Waals surface area contributed by atoms with Crippen LogP contribution in [0.5, 0.6) is 5.75 Å². The van der Waals surface area contributed by atoms with Crippen LogP contribution in [-0.4, -0.2) is 40.0 Å². The maximum absolute atomic E-state index is 13.7. The zero-order chi connectivity index (χ0) is 26.9. The second kappa shape index (κ2) is 10.6. The summed E-state index contributed by atoms with van der Waals surface area (Å²) < 4.78 is 31.7. The lowest BCUT2D eigenvalue weighted by molar-refractivity contribution is -0.127. The lowest BCUT2D eigenvalue weighted by atomic mass is 9.89. The summed E-state index contributed by atoms with van der Waals surface area (Å²) in [5.41, 5.74) is 5.82. The Labute approximate surface area is 223 Å². The summed E-state index contributed by atoms with van der Waals surface area (Å²) in [5, 5.41) is 0. The molecular formula is C31H31NO5S. The van der Waals surface area contributed by atoms with Gasteiger partial charge in [-0.2, -0.15) is 0 Å². The van der Waals surface area contributed by atoms with Gasteiger partial charge in [-0.3, -0.25) is 9.59 Å². The molecular weight excluding hydrogens is 498 g/mol. The normalized spacial score (nSPS) is 18.9. The van der Waals surface area contributed by atoms with Crippen LogP contribution in [0.1, 0.15) is 35.1 Å². The Balaban J connectivity index is 1.51. The summed E-state index contributed by atoms with van der Waals surface area (Å²) in [6.07, 6.45) is 1.08. The predicted molar refractivity (Wildman–Crippen MR) is 149 cm³/mol. The molecule has 1 aliphatic heterocycles. The van der Waals surface area contributed by atoms with Crippen molar-refractivity contribution in [3.63, 3.8) is 0 Å². The molecule has 1 heterocycles. The maximum atomic E-state index is 13.7. The van der Waals surface area contributed by atoms with Crippen LogP contribution in [-0.2, 0) is 38.0 Å². The van der Waals surface area contributed by atoms with Gasteiger partial charge in [-0.15, -0.1) is 0 Å². The number of allylic oxidation sites excluding steroid dienone is 1. The lowest BCUT2D eigenvalue weighted by Crippen LogP contribution is -2.35. The van der Waals surface area contributed by atoms with Gasteiger partial charge < -0.3 is 9.64 Å². The van der Waals surface area contributed by atoms with Crippen LogP contribution in [0.3, 0.4) is 0 Å². The highest BCUT2D eigenvalue weighted by Gasteiger charge is 2.31. The largest absolute Gasteiger partial charge is 0.497 e. The van der Waals surface area contributed by atoms with Crippen LogP contribution >= 0.6 is 0 Å². The second-order valence-corrected chi connectivity index (χ2v) is 12.2. The topological polar surface area (TPSA) is 80.8 Å². The number of methoxy groups -OCH3 is 1. The van der Waals surface area contributed by atoms with Crippen LogP contribution in [0, 0.1) is 5.92 Å². The molecule has 0 spiro atoms. The fourth-order valence-corrected chi connectivity index (χ4v) is 7.15. The molecule has 0 unspecified atom stereocenters. The fraction of sp³-hybridized carbons (Fsp3) is 0.290. The van der Waals surface area contributed by atoms with Crippen molar-refractivity contribution in [2.75, 3.05) is 24.8 Å². The van der Waals surface area contributed by atoms with Crippen molar-refractivity contribution >= 4 is 32.8 Å². The Morgan fingerprint density at radius 2 is 1.63 bits per heavy atom. The molecule has 3 aromatic rings. The highest BCUT2D eigenvalue weighted by Crippen LogP contribution is 2.37. The average Bonchev–Trinajstić information content (AvgIpc) is 3.22. The van der Waals surface area contributed by atoms with E-state index in [-0.39, 0.29) is 36.0 Å². The third-order valence-electron chi connectivity index (χ3n) is 7.41. The summed E-state index contributed by atoms with van der Waals surface area (Å²) in [6.45, 7) is 0. The summed E-state index contributed by atoms with van der Waals surface area (Å²) >= 11 is 0. The van der Waals surface area contributed by atoms with E-state index in [1.807, 2.05) is 60.7 Å². The molecule has 38 heavy (non-hydrogen) atoms. The number of ether oxygens (including phenoxy) is 1. The molecule has 0 saturated carbocycles. The van der Waals surface area contributed by atoms with Gasteiger partial charge in [-0.25, -0.2) is 8.42 Å². The number of benzene rings is 3. The molecule has 1 aliphatic carbocycles. The van der Waals surface area contributed by atoms with Crippen molar-refractivity contribution in [2.24, 2.45) is 5.92 Å². The van der Waals surface area contributed by atoms with Crippen LogP contribution in [0.2, 0.25) is 0 Å². The molecule has 5 rings (SSSR count). The zero-order valence-corrected chi connectivity index (χ0v) is 22.5. The number of anilines is 1. The van der Waals surface area contributed by atoms with E-state index in [0.29, 0.717) is 29.8 Å². The molecule has 2 bridgehead atoms. The standard InChI is InChI=1S/C31H31NO5S/c1-32(26-10-12-28(37-2)13-11-26)31(34)24-15-21-6-5-7-22(14-21)19-38(35,36)20-25-16-23-8-3-4-9-29(23)30(25)18-27(33)17-24/h3-14,24H,15-20H2,1-2H3/t24-/m1/s1. The molecule has 6 nitrogen and oxygen atoms in total. The Bertz CT molecular complexity index is 1520. The van der Waals surface area contributed by atoms with Crippen molar-refractivity contribution in [3.05, 3.63) is 101 Å². The minimum absolute atomic E-state index is 0.0662. The fourth-order valence-electron chi connectivity index (χ4n) is 5.55. The Hall–Kier alpha value is -3.71. The number of amides is 1. The molecule has 196 valence electrons. The van der Waals surface area contributed by atoms with Gasteiger partial charge in [0, 0.05) is 31.5 Å². The van der Waals surface area contributed by atoms with Gasteiger partial charge in [0.05, 0.1) is 18.6 Å². The van der Waals surface area contributed by atoms with E-state index in [1.54, 1.807) is 31.2 Å². The number of carbonyl (C=O) groups is 2. The monoisotopic (exact) mass is 529 g/mol. The van der Waals surface area contributed by atoms with Crippen LogP contribution < -0.4 is 9.64 Å². The molecule has 1 amide bonds. The van der Waals surface area contributed by atoms with E-state index in [1.165, 1.54) is 0 Å². The molecule has 0 fully saturated rings. The summed E-state index contributed by atoms with van der Waals surface area (Å²) in [7, 11) is -0.145. The van der Waals surface area contributed by atoms with Crippen molar-refractivity contribution in [1.82, 2.24) is 0 Å². The van der Waals surface area contributed by atoms with Crippen LogP contribution in [0.15, 0.2) is 78.4 Å². The number of rotatable bonds is 3. The van der Waals surface area contributed by atoms with Gasteiger partial charge in [-0.05, 0) is 70.5 Å². The van der Waals surface area contributed by atoms with Crippen molar-refractivity contribution < 1.29 is 22.7 Å². The van der Waals surface area contributed by atoms with Gasteiger partial charge in [0.2, 0.25) is 5.91 Å². The average molecular weight is 530 g/mol. The Morgan fingerprint density at radius 3 is 2.39 bits per heavy atom. The molecule has 3 aromatic carbocycles. The number of sulfone groups is 1. The van der Waals surface area contributed by atoms with E-state index in [9.17, 15) is 18.0 Å². The minimum atomic E-state index is -3.45. The number of carbonyl (C=O) groups excluding carboxylic acids is 2. The summed E-state index contributed by atoms with van der Waals surface area (Å²) in [6, 6.07) is 22.4. The van der Waals surface area contributed by atoms with Crippen molar-refractivity contribution in [1.29, 1.82) is 0 Å². The third-order valence-corrected chi connectivity index (χ3v) is 8.98. The lowest BCUT2D eigenvalue weighted by Gasteiger charge is -2.24. The number of hydrogen-bond donors (Lipinski definition) is 0. The summed E-state index contributed by atoms with van der Waals surface area (Å²) in [4.78, 5) is 28.8. The molecule has 0 radical (unpaired) electrons. The molecule has 1 atom stereocenters. The first-order valence-electron chi connectivity index (χ1n) is 12.7. The predicted octanol–water partition coefficient (Wildman–Crippen LogP) is 4.80. The van der Waals surface area contributed by atoms with E-state index < -0.39 is 15.8 Å². The SMILES string of the molecule is COc1ccc(N(C)C(=O)[C@H]2CC(=O)CC3=C(Cc4ccccc43)CS(=O)(=O)Cc3cccc(c3)C2)cc1. The molecule has 0 N–H and O–H groups in total. The number of ketones is 1. The van der Waals surface area contributed by atoms with Crippen LogP contribution in [0.25, 0.3) is 5.57 Å². The highest BCUT2D eigenvalue weighted by molar-refractivity contribution is 7.90. The van der Waals surface area contributed by atoms with Gasteiger partial charge >= 0.3 is 0 Å². The van der Waals surface area contributed by atoms with Crippen molar-refractivity contribution in [2.45, 2.75) is 31.4 Å². The van der Waals surface area contributed by atoms with E-state index >= 15 is 0 Å². The number of hydrogen-bond acceptors (Lipinski definition) is 5. The van der Waals surface area contributed by atoms with Gasteiger partial charge in [0.25, 0.3) is 0 Å². The highest BCUT2D eigenvalue weighted by atomic mass is 32.2. The molecule has 2 aliphatic rings. The second-order valence-electron chi connectivity index (χ2n) is 10.2. The van der Waals surface area contributed by atoms with Crippen LogP contribution in [0.4, 0.5) is 5.69 Å². The molecule has 0 aromatic heterocycles. The Morgan fingerprint density at radius 1 is 0.895 bits per heavy atom. The third kappa shape index (κ3) is 5.58. The minimum Gasteiger partial charge on any atom is -0.497 e.